The Morgan fingerprint density at radius 1 is 1.16 bits per heavy atom. The Morgan fingerprint density at radius 2 is 1.89 bits per heavy atom. The van der Waals surface area contributed by atoms with E-state index in [0.29, 0.717) is 6.54 Å². The molecule has 0 aromatic rings. The van der Waals surface area contributed by atoms with Crippen LogP contribution in [0.25, 0.3) is 0 Å². The maximum absolute atomic E-state index is 11.7. The molecule has 0 saturated heterocycles. The first-order valence-corrected chi connectivity index (χ1v) is 7.65. The van der Waals surface area contributed by atoms with Crippen molar-refractivity contribution in [2.75, 3.05) is 33.7 Å². The van der Waals surface area contributed by atoms with Gasteiger partial charge in [-0.25, -0.2) is 0 Å². The van der Waals surface area contributed by atoms with Crippen LogP contribution < -0.4 is 5.32 Å². The molecule has 0 spiro atoms. The van der Waals surface area contributed by atoms with E-state index in [1.165, 1.54) is 0 Å². The number of hydrogen-bond donors (Lipinski definition) is 1. The van der Waals surface area contributed by atoms with Crippen LogP contribution in [0.1, 0.15) is 52.4 Å². The molecule has 1 unspecified atom stereocenters. The first-order valence-electron chi connectivity index (χ1n) is 7.65. The highest BCUT2D eigenvalue weighted by atomic mass is 16.5. The summed E-state index contributed by atoms with van der Waals surface area (Å²) in [6.45, 7) is 6.53. The molecule has 0 aliphatic heterocycles. The Bertz CT molecular complexity index is 220. The van der Waals surface area contributed by atoms with Crippen LogP contribution in [0.4, 0.5) is 0 Å². The van der Waals surface area contributed by atoms with Crippen molar-refractivity contribution in [2.24, 2.45) is 0 Å². The SMILES string of the molecule is CCCCC(CCC)OC(=O)CNCCCN(C)C. The van der Waals surface area contributed by atoms with Gasteiger partial charge >= 0.3 is 5.97 Å². The van der Waals surface area contributed by atoms with Crippen LogP contribution in [-0.2, 0) is 9.53 Å². The summed E-state index contributed by atoms with van der Waals surface area (Å²) in [5, 5.41) is 3.14. The average Bonchev–Trinajstić information content (AvgIpc) is 2.35. The molecule has 0 aliphatic carbocycles. The first kappa shape index (κ1) is 18.4. The van der Waals surface area contributed by atoms with Gasteiger partial charge in [0.2, 0.25) is 0 Å². The fourth-order valence-electron chi connectivity index (χ4n) is 1.95. The zero-order valence-corrected chi connectivity index (χ0v) is 13.2. The summed E-state index contributed by atoms with van der Waals surface area (Å²) in [7, 11) is 4.11. The Balaban J connectivity index is 3.67. The molecule has 1 atom stereocenters. The summed E-state index contributed by atoms with van der Waals surface area (Å²) in [4.78, 5) is 13.8. The Labute approximate surface area is 118 Å². The van der Waals surface area contributed by atoms with Crippen LogP contribution in [0.5, 0.6) is 0 Å². The topological polar surface area (TPSA) is 41.6 Å². The van der Waals surface area contributed by atoms with E-state index in [0.717, 1.165) is 51.6 Å². The fraction of sp³-hybridized carbons (Fsp3) is 0.933. The standard InChI is InChI=1S/C15H32N2O2/c1-5-7-10-14(9-6-2)19-15(18)13-16-11-8-12-17(3)4/h14,16H,5-13H2,1-4H3. The van der Waals surface area contributed by atoms with Gasteiger partial charge in [-0.2, -0.15) is 0 Å². The van der Waals surface area contributed by atoms with Crippen molar-refractivity contribution in [1.29, 1.82) is 0 Å². The van der Waals surface area contributed by atoms with Crippen molar-refractivity contribution in [3.8, 4) is 0 Å². The van der Waals surface area contributed by atoms with E-state index in [-0.39, 0.29) is 12.1 Å². The molecule has 114 valence electrons. The third-order valence-corrected chi connectivity index (χ3v) is 3.02. The number of carbonyl (C=O) groups is 1. The summed E-state index contributed by atoms with van der Waals surface area (Å²) < 4.78 is 5.51. The molecule has 0 bridgehead atoms. The molecular weight excluding hydrogens is 240 g/mol. The lowest BCUT2D eigenvalue weighted by molar-refractivity contribution is -0.148. The maximum Gasteiger partial charge on any atom is 0.320 e. The molecule has 0 rings (SSSR count). The highest BCUT2D eigenvalue weighted by Gasteiger charge is 2.12. The summed E-state index contributed by atoms with van der Waals surface area (Å²) in [5.74, 6) is -0.112. The molecule has 0 radical (unpaired) electrons. The summed E-state index contributed by atoms with van der Waals surface area (Å²) in [5.41, 5.74) is 0. The molecular formula is C15H32N2O2. The van der Waals surface area contributed by atoms with Gasteiger partial charge in [0.25, 0.3) is 0 Å². The first-order chi connectivity index (χ1) is 9.10. The van der Waals surface area contributed by atoms with Gasteiger partial charge in [0.1, 0.15) is 6.10 Å². The molecule has 0 aromatic carbocycles. The Kier molecular flexibility index (Phi) is 12.0. The van der Waals surface area contributed by atoms with Crippen LogP contribution in [0.15, 0.2) is 0 Å². The Morgan fingerprint density at radius 3 is 2.47 bits per heavy atom. The molecule has 0 aliphatic rings. The number of rotatable bonds is 12. The lowest BCUT2D eigenvalue weighted by Crippen LogP contribution is -2.30. The van der Waals surface area contributed by atoms with Gasteiger partial charge in [-0.05, 0) is 46.4 Å². The largest absolute Gasteiger partial charge is 0.461 e. The molecule has 0 aromatic heterocycles. The quantitative estimate of drug-likeness (QED) is 0.438. The van der Waals surface area contributed by atoms with Gasteiger partial charge in [0.05, 0.1) is 6.54 Å². The van der Waals surface area contributed by atoms with Gasteiger partial charge in [0.15, 0.2) is 0 Å². The predicted molar refractivity (Wildman–Crippen MR) is 80.4 cm³/mol. The molecule has 1 N–H and O–H groups in total. The van der Waals surface area contributed by atoms with Crippen molar-refractivity contribution < 1.29 is 9.53 Å². The van der Waals surface area contributed by atoms with Crippen molar-refractivity contribution in [1.82, 2.24) is 10.2 Å². The third-order valence-electron chi connectivity index (χ3n) is 3.02. The smallest absolute Gasteiger partial charge is 0.320 e. The van der Waals surface area contributed by atoms with Gasteiger partial charge in [-0.15, -0.1) is 0 Å². The summed E-state index contributed by atoms with van der Waals surface area (Å²) in [6, 6.07) is 0. The number of hydrogen-bond acceptors (Lipinski definition) is 4. The van der Waals surface area contributed by atoms with E-state index in [2.05, 4.69) is 38.2 Å². The highest BCUT2D eigenvalue weighted by Crippen LogP contribution is 2.11. The predicted octanol–water partition coefficient (Wildman–Crippen LogP) is 2.43. The average molecular weight is 272 g/mol. The van der Waals surface area contributed by atoms with Gasteiger partial charge in [-0.3, -0.25) is 4.79 Å². The van der Waals surface area contributed by atoms with Gasteiger partial charge < -0.3 is 15.0 Å². The van der Waals surface area contributed by atoms with Crippen LogP contribution in [-0.4, -0.2) is 50.7 Å². The molecule has 4 heteroatoms. The minimum Gasteiger partial charge on any atom is -0.461 e. The zero-order valence-electron chi connectivity index (χ0n) is 13.2. The van der Waals surface area contributed by atoms with Gasteiger partial charge in [0, 0.05) is 0 Å². The second-order valence-electron chi connectivity index (χ2n) is 5.38. The van der Waals surface area contributed by atoms with E-state index >= 15 is 0 Å². The van der Waals surface area contributed by atoms with Crippen LogP contribution in [0.2, 0.25) is 0 Å². The number of unbranched alkanes of at least 4 members (excludes halogenated alkanes) is 1. The lowest BCUT2D eigenvalue weighted by atomic mass is 10.1. The number of ether oxygens (including phenoxy) is 1. The minimum atomic E-state index is -0.112. The molecule has 0 heterocycles. The van der Waals surface area contributed by atoms with E-state index in [1.807, 2.05) is 0 Å². The van der Waals surface area contributed by atoms with Crippen LogP contribution >= 0.6 is 0 Å². The van der Waals surface area contributed by atoms with Gasteiger partial charge in [-0.1, -0.05) is 33.1 Å². The van der Waals surface area contributed by atoms with E-state index in [4.69, 9.17) is 4.74 Å². The zero-order chi connectivity index (χ0) is 14.5. The van der Waals surface area contributed by atoms with Crippen LogP contribution in [0, 0.1) is 0 Å². The van der Waals surface area contributed by atoms with Crippen molar-refractivity contribution in [3.63, 3.8) is 0 Å². The van der Waals surface area contributed by atoms with Crippen molar-refractivity contribution in [2.45, 2.75) is 58.5 Å². The molecule has 4 nitrogen and oxygen atoms in total. The number of carbonyl (C=O) groups excluding carboxylic acids is 1. The maximum atomic E-state index is 11.7. The van der Waals surface area contributed by atoms with E-state index in [9.17, 15) is 4.79 Å². The van der Waals surface area contributed by atoms with Crippen molar-refractivity contribution >= 4 is 5.97 Å². The number of nitrogens with one attached hydrogen (secondary N) is 1. The Hall–Kier alpha value is -0.610. The molecule has 19 heavy (non-hydrogen) atoms. The summed E-state index contributed by atoms with van der Waals surface area (Å²) >= 11 is 0. The molecule has 0 fully saturated rings. The van der Waals surface area contributed by atoms with Crippen LogP contribution in [0.3, 0.4) is 0 Å². The lowest BCUT2D eigenvalue weighted by Gasteiger charge is -2.17. The van der Waals surface area contributed by atoms with Crippen molar-refractivity contribution in [3.05, 3.63) is 0 Å². The number of nitrogens with zero attached hydrogens (tertiary/aromatic N) is 1. The normalized spacial score (nSPS) is 12.7. The minimum absolute atomic E-state index is 0.112. The summed E-state index contributed by atoms with van der Waals surface area (Å²) in [6.07, 6.45) is 6.49. The molecule has 0 saturated carbocycles. The molecule has 0 amide bonds. The highest BCUT2D eigenvalue weighted by molar-refractivity contribution is 5.71. The second kappa shape index (κ2) is 12.4. The van der Waals surface area contributed by atoms with E-state index in [1.54, 1.807) is 0 Å². The third kappa shape index (κ3) is 12.2. The number of esters is 1. The monoisotopic (exact) mass is 272 g/mol. The fourth-order valence-corrected chi connectivity index (χ4v) is 1.95. The van der Waals surface area contributed by atoms with E-state index < -0.39 is 0 Å². The second-order valence-corrected chi connectivity index (χ2v) is 5.38.